The first-order chi connectivity index (χ1) is 8.63. The first-order valence-corrected chi connectivity index (χ1v) is 6.36. The van der Waals surface area contributed by atoms with Gasteiger partial charge in [0.2, 0.25) is 0 Å². The summed E-state index contributed by atoms with van der Waals surface area (Å²) in [6.45, 7) is 3.75. The summed E-state index contributed by atoms with van der Waals surface area (Å²) in [4.78, 5) is 16.8. The molecular weight excluding hydrogens is 248 g/mol. The van der Waals surface area contributed by atoms with Gasteiger partial charge in [-0.3, -0.25) is 4.79 Å². The van der Waals surface area contributed by atoms with Crippen LogP contribution in [0.2, 0.25) is 0 Å². The predicted octanol–water partition coefficient (Wildman–Crippen LogP) is 3.02. The molecule has 0 spiro atoms. The fraction of sp³-hybridized carbons (Fsp3) is 0.231. The average molecular weight is 262 g/mol. The number of thiazole rings is 1. The molecule has 1 heterocycles. The minimum absolute atomic E-state index is 0.150. The van der Waals surface area contributed by atoms with Crippen molar-refractivity contribution >= 4 is 22.9 Å². The number of methoxy groups -OCH3 is 1. The summed E-state index contributed by atoms with van der Waals surface area (Å²) >= 11 is 1.33. The lowest BCUT2D eigenvalue weighted by molar-refractivity contribution is 0.102. The number of nitrogens with one attached hydrogen (secondary N) is 1. The van der Waals surface area contributed by atoms with E-state index >= 15 is 0 Å². The van der Waals surface area contributed by atoms with Crippen LogP contribution in [0.4, 0.5) is 5.69 Å². The van der Waals surface area contributed by atoms with Crippen molar-refractivity contribution < 1.29 is 9.53 Å². The van der Waals surface area contributed by atoms with Gasteiger partial charge in [0.25, 0.3) is 5.91 Å². The molecule has 2 aromatic rings. The molecule has 0 bridgehead atoms. The maximum absolute atomic E-state index is 12.1. The van der Waals surface area contributed by atoms with Gasteiger partial charge in [-0.2, -0.15) is 0 Å². The van der Waals surface area contributed by atoms with E-state index in [2.05, 4.69) is 10.3 Å². The summed E-state index contributed by atoms with van der Waals surface area (Å²) in [5, 5.41) is 2.88. The molecule has 0 radical (unpaired) electrons. The molecule has 1 N–H and O–H groups in total. The molecule has 18 heavy (non-hydrogen) atoms. The minimum atomic E-state index is -0.150. The van der Waals surface area contributed by atoms with Crippen molar-refractivity contribution in [1.82, 2.24) is 4.98 Å². The third-order valence-electron chi connectivity index (χ3n) is 2.64. The molecule has 5 heteroatoms. The Balaban J connectivity index is 2.30. The number of rotatable bonds is 3. The Morgan fingerprint density at radius 1 is 1.39 bits per heavy atom. The van der Waals surface area contributed by atoms with E-state index in [1.807, 2.05) is 32.0 Å². The van der Waals surface area contributed by atoms with Gasteiger partial charge in [0.05, 0.1) is 24.0 Å². The number of amides is 1. The van der Waals surface area contributed by atoms with Crippen molar-refractivity contribution in [3.63, 3.8) is 0 Å². The van der Waals surface area contributed by atoms with Gasteiger partial charge in [0, 0.05) is 0 Å². The van der Waals surface area contributed by atoms with Crippen LogP contribution in [-0.4, -0.2) is 18.0 Å². The summed E-state index contributed by atoms with van der Waals surface area (Å²) < 4.78 is 5.25. The number of aromatic nitrogens is 1. The Labute approximate surface area is 110 Å². The molecule has 94 valence electrons. The molecule has 1 aromatic heterocycles. The number of carbonyl (C=O) groups excluding carboxylic acids is 1. The van der Waals surface area contributed by atoms with E-state index in [4.69, 9.17) is 4.74 Å². The lowest BCUT2D eigenvalue weighted by Crippen LogP contribution is -2.13. The third kappa shape index (κ3) is 2.36. The van der Waals surface area contributed by atoms with Gasteiger partial charge in [0.1, 0.15) is 10.6 Å². The molecule has 0 saturated heterocycles. The highest BCUT2D eigenvalue weighted by Gasteiger charge is 2.15. The number of anilines is 1. The Bertz CT molecular complexity index is 578. The van der Waals surface area contributed by atoms with Gasteiger partial charge in [-0.05, 0) is 25.5 Å². The molecule has 0 aliphatic carbocycles. The number of hydrogen-bond donors (Lipinski definition) is 1. The van der Waals surface area contributed by atoms with Crippen molar-refractivity contribution in [2.75, 3.05) is 12.4 Å². The molecule has 4 nitrogen and oxygen atoms in total. The van der Waals surface area contributed by atoms with E-state index < -0.39 is 0 Å². The van der Waals surface area contributed by atoms with Crippen molar-refractivity contribution in [3.05, 3.63) is 39.8 Å². The number of para-hydroxylation sites is 1. The first kappa shape index (κ1) is 12.6. The Morgan fingerprint density at radius 2 is 2.17 bits per heavy atom. The van der Waals surface area contributed by atoms with Crippen LogP contribution in [0.1, 0.15) is 20.9 Å². The van der Waals surface area contributed by atoms with Crippen molar-refractivity contribution in [2.24, 2.45) is 0 Å². The summed E-state index contributed by atoms with van der Waals surface area (Å²) in [5.74, 6) is 0.508. The summed E-state index contributed by atoms with van der Waals surface area (Å²) in [5.41, 5.74) is 4.08. The second-order valence-electron chi connectivity index (χ2n) is 3.87. The molecule has 0 saturated carbocycles. The average Bonchev–Trinajstić information content (AvgIpc) is 2.78. The number of nitrogens with zero attached hydrogens (tertiary/aromatic N) is 1. The number of aryl methyl sites for hydroxylation is 2. The molecule has 2 rings (SSSR count). The molecule has 0 aliphatic heterocycles. The molecule has 0 unspecified atom stereocenters. The van der Waals surface area contributed by atoms with Crippen LogP contribution in [0, 0.1) is 13.8 Å². The van der Waals surface area contributed by atoms with Crippen molar-refractivity contribution in [1.29, 1.82) is 0 Å². The number of hydrogen-bond acceptors (Lipinski definition) is 4. The maximum Gasteiger partial charge on any atom is 0.267 e. The largest absolute Gasteiger partial charge is 0.495 e. The number of ether oxygens (including phenoxy) is 1. The SMILES string of the molecule is COc1cccc(C)c1NC(=O)c1scnc1C. The zero-order valence-electron chi connectivity index (χ0n) is 10.5. The third-order valence-corrected chi connectivity index (χ3v) is 3.57. The topological polar surface area (TPSA) is 51.2 Å². The fourth-order valence-corrected chi connectivity index (χ4v) is 2.36. The van der Waals surface area contributed by atoms with Gasteiger partial charge in [-0.1, -0.05) is 12.1 Å². The Kier molecular flexibility index (Phi) is 3.62. The minimum Gasteiger partial charge on any atom is -0.495 e. The van der Waals surface area contributed by atoms with Crippen LogP contribution < -0.4 is 10.1 Å². The van der Waals surface area contributed by atoms with Crippen LogP contribution in [0.25, 0.3) is 0 Å². The van der Waals surface area contributed by atoms with E-state index in [9.17, 15) is 4.79 Å². The quantitative estimate of drug-likeness (QED) is 0.925. The van der Waals surface area contributed by atoms with Crippen molar-refractivity contribution in [2.45, 2.75) is 13.8 Å². The van der Waals surface area contributed by atoms with Crippen LogP contribution >= 0.6 is 11.3 Å². The van der Waals surface area contributed by atoms with Gasteiger partial charge in [-0.15, -0.1) is 11.3 Å². The standard InChI is InChI=1S/C13H14N2O2S/c1-8-5-4-6-10(17-3)11(8)15-13(16)12-9(2)14-7-18-12/h4-7H,1-3H3,(H,15,16). The molecule has 0 aliphatic rings. The summed E-state index contributed by atoms with van der Waals surface area (Å²) in [6, 6.07) is 5.64. The van der Waals surface area contributed by atoms with E-state index in [0.717, 1.165) is 11.3 Å². The van der Waals surface area contributed by atoms with Crippen molar-refractivity contribution in [3.8, 4) is 5.75 Å². The highest BCUT2D eigenvalue weighted by Crippen LogP contribution is 2.28. The normalized spacial score (nSPS) is 10.2. The van der Waals surface area contributed by atoms with E-state index in [-0.39, 0.29) is 5.91 Å². The maximum atomic E-state index is 12.1. The molecule has 1 amide bonds. The lowest BCUT2D eigenvalue weighted by Gasteiger charge is -2.12. The van der Waals surface area contributed by atoms with Gasteiger partial charge in [0.15, 0.2) is 0 Å². The van der Waals surface area contributed by atoms with E-state index in [0.29, 0.717) is 16.3 Å². The van der Waals surface area contributed by atoms with Gasteiger partial charge >= 0.3 is 0 Å². The second kappa shape index (κ2) is 5.18. The fourth-order valence-electron chi connectivity index (χ4n) is 1.66. The van der Waals surface area contributed by atoms with E-state index in [1.54, 1.807) is 12.6 Å². The second-order valence-corrected chi connectivity index (χ2v) is 4.73. The van der Waals surface area contributed by atoms with Crippen LogP contribution in [-0.2, 0) is 0 Å². The smallest absolute Gasteiger partial charge is 0.267 e. The monoisotopic (exact) mass is 262 g/mol. The number of benzene rings is 1. The van der Waals surface area contributed by atoms with Crippen LogP contribution in [0.5, 0.6) is 5.75 Å². The summed E-state index contributed by atoms with van der Waals surface area (Å²) in [7, 11) is 1.59. The lowest BCUT2D eigenvalue weighted by atomic mass is 10.2. The molecular formula is C13H14N2O2S. The zero-order valence-corrected chi connectivity index (χ0v) is 11.3. The summed E-state index contributed by atoms with van der Waals surface area (Å²) in [6.07, 6.45) is 0. The highest BCUT2D eigenvalue weighted by molar-refractivity contribution is 7.12. The van der Waals surface area contributed by atoms with E-state index in [1.165, 1.54) is 11.3 Å². The Morgan fingerprint density at radius 3 is 2.78 bits per heavy atom. The highest BCUT2D eigenvalue weighted by atomic mass is 32.1. The zero-order chi connectivity index (χ0) is 13.1. The first-order valence-electron chi connectivity index (χ1n) is 5.48. The molecule has 0 atom stereocenters. The Hall–Kier alpha value is -1.88. The van der Waals surface area contributed by atoms with Crippen LogP contribution in [0.3, 0.4) is 0 Å². The predicted molar refractivity (Wildman–Crippen MR) is 72.5 cm³/mol. The molecule has 1 aromatic carbocycles. The molecule has 0 fully saturated rings. The van der Waals surface area contributed by atoms with Crippen LogP contribution in [0.15, 0.2) is 23.7 Å². The van der Waals surface area contributed by atoms with Gasteiger partial charge in [-0.25, -0.2) is 4.98 Å². The van der Waals surface area contributed by atoms with Gasteiger partial charge < -0.3 is 10.1 Å². The number of carbonyl (C=O) groups is 1.